The Labute approximate surface area is 159 Å². The van der Waals surface area contributed by atoms with Crippen molar-refractivity contribution < 1.29 is 14.1 Å². The SMILES string of the molecule is COCc1noc(CN2CCC3(CC2)CC(c2ccccc2)C(=O)N3C)n1. The van der Waals surface area contributed by atoms with Gasteiger partial charge in [-0.2, -0.15) is 4.98 Å². The molecule has 2 aliphatic rings. The van der Waals surface area contributed by atoms with E-state index in [4.69, 9.17) is 9.26 Å². The zero-order chi connectivity index (χ0) is 18.9. The number of rotatable bonds is 5. The van der Waals surface area contributed by atoms with Crippen LogP contribution in [0.2, 0.25) is 0 Å². The number of carbonyl (C=O) groups is 1. The molecule has 1 aromatic heterocycles. The Morgan fingerprint density at radius 1 is 1.26 bits per heavy atom. The molecule has 0 aliphatic carbocycles. The highest BCUT2D eigenvalue weighted by molar-refractivity contribution is 5.87. The van der Waals surface area contributed by atoms with Crippen LogP contribution in [0.4, 0.5) is 0 Å². The van der Waals surface area contributed by atoms with Gasteiger partial charge in [0.2, 0.25) is 11.8 Å². The number of hydrogen-bond donors (Lipinski definition) is 0. The highest BCUT2D eigenvalue weighted by Gasteiger charge is 2.50. The zero-order valence-corrected chi connectivity index (χ0v) is 15.9. The number of methoxy groups -OCH3 is 1. The molecule has 2 aromatic rings. The summed E-state index contributed by atoms with van der Waals surface area (Å²) in [5.41, 5.74) is 1.09. The van der Waals surface area contributed by atoms with Gasteiger partial charge in [0.1, 0.15) is 6.61 Å². The van der Waals surface area contributed by atoms with Gasteiger partial charge < -0.3 is 14.2 Å². The Hall–Kier alpha value is -2.25. The largest absolute Gasteiger partial charge is 0.377 e. The lowest BCUT2D eigenvalue weighted by molar-refractivity contribution is -0.131. The van der Waals surface area contributed by atoms with Gasteiger partial charge in [0.05, 0.1) is 12.5 Å². The van der Waals surface area contributed by atoms with Crippen molar-refractivity contribution in [1.29, 1.82) is 0 Å². The van der Waals surface area contributed by atoms with E-state index in [2.05, 4.69) is 27.2 Å². The van der Waals surface area contributed by atoms with Gasteiger partial charge in [0.15, 0.2) is 5.82 Å². The summed E-state index contributed by atoms with van der Waals surface area (Å²) in [4.78, 5) is 21.6. The molecule has 0 N–H and O–H groups in total. The minimum absolute atomic E-state index is 0.0182. The summed E-state index contributed by atoms with van der Waals surface area (Å²) < 4.78 is 10.3. The molecule has 4 rings (SSSR count). The van der Waals surface area contributed by atoms with Gasteiger partial charge in [0.25, 0.3) is 0 Å². The van der Waals surface area contributed by atoms with Crippen molar-refractivity contribution >= 4 is 5.91 Å². The van der Waals surface area contributed by atoms with Gasteiger partial charge in [-0.1, -0.05) is 35.5 Å². The van der Waals surface area contributed by atoms with Crippen molar-refractivity contribution in [1.82, 2.24) is 19.9 Å². The van der Waals surface area contributed by atoms with Crippen molar-refractivity contribution in [3.63, 3.8) is 0 Å². The van der Waals surface area contributed by atoms with Crippen LogP contribution < -0.4 is 0 Å². The Kier molecular flexibility index (Phi) is 4.97. The van der Waals surface area contributed by atoms with Gasteiger partial charge in [-0.15, -0.1) is 0 Å². The number of aromatic nitrogens is 2. The quantitative estimate of drug-likeness (QED) is 0.803. The average Bonchev–Trinajstić information content (AvgIpc) is 3.23. The fourth-order valence-corrected chi connectivity index (χ4v) is 4.42. The second kappa shape index (κ2) is 7.40. The number of ether oxygens (including phenoxy) is 1. The van der Waals surface area contributed by atoms with Gasteiger partial charge in [0, 0.05) is 32.8 Å². The summed E-state index contributed by atoms with van der Waals surface area (Å²) >= 11 is 0. The molecule has 1 aromatic carbocycles. The highest BCUT2D eigenvalue weighted by Crippen LogP contribution is 2.44. The van der Waals surface area contributed by atoms with E-state index in [9.17, 15) is 4.79 Å². The molecular weight excluding hydrogens is 344 g/mol. The number of nitrogens with zero attached hydrogens (tertiary/aromatic N) is 4. The van der Waals surface area contributed by atoms with E-state index in [0.717, 1.165) is 37.9 Å². The molecule has 1 amide bonds. The molecular formula is C20H26N4O3. The number of amides is 1. The molecule has 144 valence electrons. The van der Waals surface area contributed by atoms with Crippen LogP contribution in [0.1, 0.15) is 42.5 Å². The minimum atomic E-state index is -0.0376. The Balaban J connectivity index is 1.39. The van der Waals surface area contributed by atoms with Crippen LogP contribution in [0.3, 0.4) is 0 Å². The molecule has 1 unspecified atom stereocenters. The molecule has 7 heteroatoms. The molecule has 2 fully saturated rings. The van der Waals surface area contributed by atoms with Crippen molar-refractivity contribution in [3.8, 4) is 0 Å². The fourth-order valence-electron chi connectivity index (χ4n) is 4.42. The first-order chi connectivity index (χ1) is 13.1. The molecule has 1 atom stereocenters. The van der Waals surface area contributed by atoms with E-state index >= 15 is 0 Å². The van der Waals surface area contributed by atoms with Crippen molar-refractivity contribution in [2.45, 2.75) is 43.9 Å². The maximum atomic E-state index is 12.9. The molecule has 3 heterocycles. The maximum Gasteiger partial charge on any atom is 0.240 e. The first kappa shape index (κ1) is 18.1. The Bertz CT molecular complexity index is 784. The lowest BCUT2D eigenvalue weighted by Gasteiger charge is -2.43. The van der Waals surface area contributed by atoms with Crippen LogP contribution in [0, 0.1) is 0 Å². The third-order valence-electron chi connectivity index (χ3n) is 6.06. The fraction of sp³-hybridized carbons (Fsp3) is 0.550. The molecule has 0 radical (unpaired) electrons. The van der Waals surface area contributed by atoms with Crippen LogP contribution in [0.25, 0.3) is 0 Å². The number of likely N-dealkylation sites (tertiary alicyclic amines) is 2. The standard InChI is InChI=1S/C20H26N4O3/c1-23-19(25)16(15-6-4-3-5-7-15)12-20(23)8-10-24(11-9-20)13-18-21-17(14-26-2)22-27-18/h3-7,16H,8-14H2,1-2H3. The predicted molar refractivity (Wildman–Crippen MR) is 98.8 cm³/mol. The highest BCUT2D eigenvalue weighted by atomic mass is 16.5. The first-order valence-electron chi connectivity index (χ1n) is 9.47. The van der Waals surface area contributed by atoms with Gasteiger partial charge in [-0.05, 0) is 24.8 Å². The van der Waals surface area contributed by atoms with Gasteiger partial charge in [-0.25, -0.2) is 0 Å². The third-order valence-corrected chi connectivity index (χ3v) is 6.06. The van der Waals surface area contributed by atoms with E-state index in [-0.39, 0.29) is 17.4 Å². The number of carbonyl (C=O) groups excluding carboxylic acids is 1. The van der Waals surface area contributed by atoms with Crippen molar-refractivity contribution in [3.05, 3.63) is 47.6 Å². The molecule has 2 saturated heterocycles. The summed E-state index contributed by atoms with van der Waals surface area (Å²) in [7, 11) is 3.58. The normalized spacial score (nSPS) is 22.7. The van der Waals surface area contributed by atoms with E-state index in [0.29, 0.717) is 24.9 Å². The topological polar surface area (TPSA) is 71.7 Å². The summed E-state index contributed by atoms with van der Waals surface area (Å²) in [6.45, 7) is 2.84. The smallest absolute Gasteiger partial charge is 0.240 e. The summed E-state index contributed by atoms with van der Waals surface area (Å²) in [6, 6.07) is 10.2. The number of piperidine rings is 1. The molecule has 2 aliphatic heterocycles. The second-order valence-electron chi connectivity index (χ2n) is 7.60. The molecule has 7 nitrogen and oxygen atoms in total. The maximum absolute atomic E-state index is 12.9. The van der Waals surface area contributed by atoms with Crippen LogP contribution >= 0.6 is 0 Å². The van der Waals surface area contributed by atoms with Gasteiger partial charge in [-0.3, -0.25) is 9.69 Å². The van der Waals surface area contributed by atoms with E-state index in [1.807, 2.05) is 30.1 Å². The number of likely N-dealkylation sites (N-methyl/N-ethyl adjacent to an activating group) is 1. The lowest BCUT2D eigenvalue weighted by atomic mass is 9.81. The van der Waals surface area contributed by atoms with E-state index in [1.54, 1.807) is 7.11 Å². The summed E-state index contributed by atoms with van der Waals surface area (Å²) in [5, 5.41) is 3.92. The Morgan fingerprint density at radius 3 is 2.70 bits per heavy atom. The van der Waals surface area contributed by atoms with Crippen LogP contribution in [-0.2, 0) is 22.7 Å². The van der Waals surface area contributed by atoms with Crippen LogP contribution in [-0.4, -0.2) is 58.6 Å². The van der Waals surface area contributed by atoms with E-state index < -0.39 is 0 Å². The minimum Gasteiger partial charge on any atom is -0.377 e. The number of benzene rings is 1. The van der Waals surface area contributed by atoms with Crippen molar-refractivity contribution in [2.75, 3.05) is 27.2 Å². The van der Waals surface area contributed by atoms with E-state index in [1.165, 1.54) is 0 Å². The Morgan fingerprint density at radius 2 is 2.00 bits per heavy atom. The third kappa shape index (κ3) is 3.49. The molecule has 27 heavy (non-hydrogen) atoms. The zero-order valence-electron chi connectivity index (χ0n) is 15.9. The van der Waals surface area contributed by atoms with Crippen LogP contribution in [0.15, 0.2) is 34.9 Å². The number of hydrogen-bond acceptors (Lipinski definition) is 6. The van der Waals surface area contributed by atoms with Crippen molar-refractivity contribution in [2.24, 2.45) is 0 Å². The van der Waals surface area contributed by atoms with Gasteiger partial charge >= 0.3 is 0 Å². The van der Waals surface area contributed by atoms with Crippen LogP contribution in [0.5, 0.6) is 0 Å². The second-order valence-corrected chi connectivity index (χ2v) is 7.60. The summed E-state index contributed by atoms with van der Waals surface area (Å²) in [6.07, 6.45) is 2.84. The average molecular weight is 370 g/mol. The molecule has 0 saturated carbocycles. The molecule has 1 spiro atoms. The first-order valence-corrected chi connectivity index (χ1v) is 9.47. The lowest BCUT2D eigenvalue weighted by Crippen LogP contribution is -2.51. The monoisotopic (exact) mass is 370 g/mol. The summed E-state index contributed by atoms with van der Waals surface area (Å²) in [5.74, 6) is 1.43. The predicted octanol–water partition coefficient (Wildman–Crippen LogP) is 2.20. The molecule has 0 bridgehead atoms.